The van der Waals surface area contributed by atoms with Gasteiger partial charge in [0, 0.05) is 32.8 Å². The van der Waals surface area contributed by atoms with E-state index in [0.717, 1.165) is 6.42 Å². The minimum Gasteiger partial charge on any atom is -0.353 e. The lowest BCUT2D eigenvalue weighted by molar-refractivity contribution is 0.735. The van der Waals surface area contributed by atoms with Crippen molar-refractivity contribution in [3.63, 3.8) is 0 Å². The van der Waals surface area contributed by atoms with Crippen LogP contribution in [0.3, 0.4) is 0 Å². The van der Waals surface area contributed by atoms with Crippen molar-refractivity contribution in [3.05, 3.63) is 78.9 Å². The van der Waals surface area contributed by atoms with E-state index in [1.165, 1.54) is 49.3 Å². The molecule has 0 saturated heterocycles. The minimum absolute atomic E-state index is 0.606. The van der Waals surface area contributed by atoms with Gasteiger partial charge in [-0.1, -0.05) is 67.6 Å². The van der Waals surface area contributed by atoms with Crippen molar-refractivity contribution in [3.8, 4) is 0 Å². The number of rotatable bonds is 1. The van der Waals surface area contributed by atoms with Gasteiger partial charge >= 0.3 is 0 Å². The number of fused-ring (bicyclic) bond motifs is 7. The van der Waals surface area contributed by atoms with E-state index in [0.29, 0.717) is 5.92 Å². The highest BCUT2D eigenvalue weighted by Gasteiger charge is 2.18. The van der Waals surface area contributed by atoms with E-state index in [-0.39, 0.29) is 0 Å². The summed E-state index contributed by atoms with van der Waals surface area (Å²) in [5.74, 6) is 0.606. The Morgan fingerprint density at radius 3 is 2.48 bits per heavy atom. The van der Waals surface area contributed by atoms with Crippen LogP contribution in [-0.2, 0) is 0 Å². The maximum Gasteiger partial charge on any atom is 0.0783 e. The predicted octanol–water partition coefficient (Wildman–Crippen LogP) is 6.87. The Morgan fingerprint density at radius 1 is 0.852 bits per heavy atom. The molecule has 1 aliphatic rings. The molecule has 130 valence electrons. The lowest BCUT2D eigenvalue weighted by Crippen LogP contribution is -2.01. The molecule has 3 aromatic carbocycles. The van der Waals surface area contributed by atoms with Gasteiger partial charge in [-0.3, -0.25) is 0 Å². The normalized spacial score (nSPS) is 17.4. The van der Waals surface area contributed by atoms with Crippen LogP contribution in [0.1, 0.15) is 13.3 Å². The van der Waals surface area contributed by atoms with Gasteiger partial charge in [0.05, 0.1) is 16.6 Å². The van der Waals surface area contributed by atoms with Crippen LogP contribution in [0.4, 0.5) is 0 Å². The third kappa shape index (κ3) is 2.01. The number of benzene rings is 3. The van der Waals surface area contributed by atoms with Crippen molar-refractivity contribution < 1.29 is 0 Å². The highest BCUT2D eigenvalue weighted by Crippen LogP contribution is 2.39. The van der Waals surface area contributed by atoms with Gasteiger partial charge in [0.25, 0.3) is 0 Å². The molecule has 2 heterocycles. The van der Waals surface area contributed by atoms with E-state index in [9.17, 15) is 0 Å². The van der Waals surface area contributed by atoms with Crippen molar-refractivity contribution in [2.75, 3.05) is 0 Å². The molecule has 1 aliphatic carbocycles. The largest absolute Gasteiger partial charge is 0.353 e. The Labute approximate surface area is 157 Å². The molecule has 2 heteroatoms. The molecule has 1 unspecified atom stereocenters. The molecule has 5 aromatic rings. The van der Waals surface area contributed by atoms with Crippen molar-refractivity contribution in [1.82, 2.24) is 9.55 Å². The summed E-state index contributed by atoms with van der Waals surface area (Å²) in [5, 5.41) is 5.18. The van der Waals surface area contributed by atoms with Crippen LogP contribution in [0, 0.1) is 5.92 Å². The minimum atomic E-state index is 0.606. The second-order valence-corrected chi connectivity index (χ2v) is 7.61. The molecule has 0 aliphatic heterocycles. The van der Waals surface area contributed by atoms with Crippen molar-refractivity contribution >= 4 is 49.3 Å². The Kier molecular flexibility index (Phi) is 2.96. The topological polar surface area (TPSA) is 20.7 Å². The Balaban J connectivity index is 1.84. The number of nitrogens with one attached hydrogen (secondary N) is 1. The highest BCUT2D eigenvalue weighted by atomic mass is 15.0. The van der Waals surface area contributed by atoms with E-state index in [1.807, 2.05) is 0 Å². The molecule has 0 saturated carbocycles. The molecular formula is C25H20N2. The van der Waals surface area contributed by atoms with E-state index in [4.69, 9.17) is 0 Å². The Hall–Kier alpha value is -3.26. The van der Waals surface area contributed by atoms with Gasteiger partial charge in [-0.15, -0.1) is 0 Å². The first-order valence-corrected chi connectivity index (χ1v) is 9.62. The molecule has 6 rings (SSSR count). The maximum atomic E-state index is 3.70. The number of para-hydroxylation sites is 2. The number of hydrogen-bond donors (Lipinski definition) is 1. The van der Waals surface area contributed by atoms with Gasteiger partial charge in [-0.25, -0.2) is 0 Å². The molecule has 1 atom stereocenters. The Bertz CT molecular complexity index is 1410. The molecule has 0 bridgehead atoms. The number of nitrogens with zero attached hydrogens (tertiary/aromatic N) is 1. The van der Waals surface area contributed by atoms with E-state index in [2.05, 4.69) is 95.4 Å². The van der Waals surface area contributed by atoms with E-state index >= 15 is 0 Å². The lowest BCUT2D eigenvalue weighted by Gasteiger charge is -2.15. The van der Waals surface area contributed by atoms with Gasteiger partial charge in [0.15, 0.2) is 0 Å². The average Bonchev–Trinajstić information content (AvgIpc) is 3.24. The van der Waals surface area contributed by atoms with Crippen LogP contribution in [0.2, 0.25) is 0 Å². The van der Waals surface area contributed by atoms with Crippen LogP contribution in [0.25, 0.3) is 49.3 Å². The van der Waals surface area contributed by atoms with Crippen LogP contribution >= 0.6 is 0 Å². The zero-order chi connectivity index (χ0) is 18.0. The molecule has 27 heavy (non-hydrogen) atoms. The summed E-state index contributed by atoms with van der Waals surface area (Å²) in [6, 6.07) is 21.9. The summed E-state index contributed by atoms with van der Waals surface area (Å²) >= 11 is 0. The van der Waals surface area contributed by atoms with Gasteiger partial charge in [0.2, 0.25) is 0 Å². The molecule has 0 fully saturated rings. The zero-order valence-corrected chi connectivity index (χ0v) is 15.2. The van der Waals surface area contributed by atoms with Gasteiger partial charge in [-0.2, -0.15) is 0 Å². The average molecular weight is 348 g/mol. The molecule has 0 radical (unpaired) electrons. The predicted molar refractivity (Wildman–Crippen MR) is 116 cm³/mol. The van der Waals surface area contributed by atoms with Gasteiger partial charge in [0.1, 0.15) is 0 Å². The van der Waals surface area contributed by atoms with Crippen molar-refractivity contribution in [2.24, 2.45) is 5.92 Å². The first kappa shape index (κ1) is 14.9. The summed E-state index contributed by atoms with van der Waals surface area (Å²) < 4.78 is 2.44. The zero-order valence-electron chi connectivity index (χ0n) is 15.2. The molecule has 2 aromatic heterocycles. The molecule has 1 N–H and O–H groups in total. The quantitative estimate of drug-likeness (QED) is 0.341. The monoisotopic (exact) mass is 348 g/mol. The van der Waals surface area contributed by atoms with Crippen LogP contribution in [-0.4, -0.2) is 9.55 Å². The van der Waals surface area contributed by atoms with Crippen molar-refractivity contribution in [1.29, 1.82) is 0 Å². The summed E-state index contributed by atoms with van der Waals surface area (Å²) in [6.45, 7) is 2.27. The smallest absolute Gasteiger partial charge is 0.0783 e. The fourth-order valence-corrected chi connectivity index (χ4v) is 4.52. The van der Waals surface area contributed by atoms with Gasteiger partial charge < -0.3 is 9.55 Å². The summed E-state index contributed by atoms with van der Waals surface area (Å²) in [5.41, 5.74) is 6.22. The van der Waals surface area contributed by atoms with Crippen LogP contribution < -0.4 is 0 Å². The lowest BCUT2D eigenvalue weighted by atomic mass is 10.0. The van der Waals surface area contributed by atoms with Crippen LogP contribution in [0.5, 0.6) is 0 Å². The Morgan fingerprint density at radius 2 is 1.63 bits per heavy atom. The number of aromatic nitrogens is 2. The fourth-order valence-electron chi connectivity index (χ4n) is 4.52. The standard InChI is InChI=1S/C25H20N2/c1-16-10-12-17(13-11-16)27-23-9-5-3-7-19(23)21-15-14-20-18-6-2-4-8-22(18)26-24(20)25(21)27/h2-10,12-16,26H,11H2,1H3. The third-order valence-electron chi connectivity index (χ3n) is 5.87. The maximum absolute atomic E-state index is 3.70. The van der Waals surface area contributed by atoms with Gasteiger partial charge in [-0.05, 0) is 30.5 Å². The number of H-pyrrole nitrogens is 1. The SMILES string of the molecule is CC1C=CC(n2c3ccccc3c3ccc4c5ccccc5[nH]c4c32)=CC1. The van der Waals surface area contributed by atoms with Crippen molar-refractivity contribution in [2.45, 2.75) is 13.3 Å². The second kappa shape index (κ2) is 5.37. The number of allylic oxidation sites excluding steroid dienone is 4. The number of aromatic amines is 1. The third-order valence-corrected chi connectivity index (χ3v) is 5.87. The summed E-state index contributed by atoms with van der Waals surface area (Å²) in [4.78, 5) is 3.70. The van der Waals surface area contributed by atoms with E-state index in [1.54, 1.807) is 0 Å². The highest BCUT2D eigenvalue weighted by molar-refractivity contribution is 6.23. The van der Waals surface area contributed by atoms with E-state index < -0.39 is 0 Å². The fraction of sp³-hybridized carbons (Fsp3) is 0.120. The number of hydrogen-bond acceptors (Lipinski definition) is 0. The molecular weight excluding hydrogens is 328 g/mol. The molecule has 0 spiro atoms. The molecule has 0 amide bonds. The van der Waals surface area contributed by atoms with Crippen LogP contribution in [0.15, 0.2) is 78.9 Å². The first-order chi connectivity index (χ1) is 13.3. The molecule has 2 nitrogen and oxygen atoms in total. The summed E-state index contributed by atoms with van der Waals surface area (Å²) in [6.07, 6.45) is 8.06. The first-order valence-electron chi connectivity index (χ1n) is 9.62. The second-order valence-electron chi connectivity index (χ2n) is 7.61. The summed E-state index contributed by atoms with van der Waals surface area (Å²) in [7, 11) is 0.